The number of nitrogens with one attached hydrogen (secondary N) is 3. The molecule has 1 aromatic rings. The molecule has 0 radical (unpaired) electrons. The monoisotopic (exact) mass is 716 g/mol. The number of hydrogen-bond acceptors (Lipinski definition) is 9. The smallest absolute Gasteiger partial charge is 0.408 e. The fourth-order valence-corrected chi connectivity index (χ4v) is 8.15. The van der Waals surface area contributed by atoms with Crippen LogP contribution in [0.3, 0.4) is 0 Å². The normalized spacial score (nSPS) is 27.0. The van der Waals surface area contributed by atoms with Crippen LogP contribution in [0, 0.1) is 11.3 Å². The number of nitrogens with zero attached hydrogens (tertiary/aromatic N) is 3. The molecule has 2 aliphatic heterocycles. The molecule has 50 heavy (non-hydrogen) atoms. The van der Waals surface area contributed by atoms with Crippen LogP contribution in [-0.2, 0) is 40.7 Å². The standard InChI is InChI=1S/C35H52N6O8S/c1-6-25-21-35(25,32(44)38-50(46,47)40-18-16-39(5)17-19-40)37-30(42)28-20-27(48-23-24-12-8-7-9-13-24)22-41(28)31(43)29(34(2,3)4)36-33(45)49-26-14-10-11-15-26/h6-9,12-13,25-29H,1,10-11,14-23H2,2-5H3,(H,36,45)(H,37,42)(H,38,44)/t25-,27-,28-,29-,35-/m1/s1. The van der Waals surface area contributed by atoms with Crippen molar-refractivity contribution in [3.05, 3.63) is 48.6 Å². The zero-order valence-electron chi connectivity index (χ0n) is 29.6. The van der Waals surface area contributed by atoms with Gasteiger partial charge in [0.2, 0.25) is 11.8 Å². The third kappa shape index (κ3) is 8.85. The van der Waals surface area contributed by atoms with E-state index in [1.54, 1.807) is 0 Å². The Morgan fingerprint density at radius 3 is 2.30 bits per heavy atom. The second kappa shape index (κ2) is 15.4. The summed E-state index contributed by atoms with van der Waals surface area (Å²) in [6, 6.07) is 7.41. The summed E-state index contributed by atoms with van der Waals surface area (Å²) in [5, 5.41) is 5.58. The Morgan fingerprint density at radius 2 is 1.70 bits per heavy atom. The highest BCUT2D eigenvalue weighted by atomic mass is 32.2. The van der Waals surface area contributed by atoms with Gasteiger partial charge >= 0.3 is 16.3 Å². The average molecular weight is 717 g/mol. The van der Waals surface area contributed by atoms with Gasteiger partial charge in [0.1, 0.15) is 23.7 Å². The molecule has 14 nitrogen and oxygen atoms in total. The van der Waals surface area contributed by atoms with E-state index in [-0.39, 0.29) is 45.2 Å². The highest BCUT2D eigenvalue weighted by Gasteiger charge is 2.61. The van der Waals surface area contributed by atoms with Gasteiger partial charge in [-0.2, -0.15) is 12.7 Å². The van der Waals surface area contributed by atoms with Gasteiger partial charge in [0.05, 0.1) is 12.7 Å². The second-order valence-electron chi connectivity index (χ2n) is 15.1. The molecule has 276 valence electrons. The van der Waals surface area contributed by atoms with Crippen molar-refractivity contribution in [1.29, 1.82) is 0 Å². The maximum Gasteiger partial charge on any atom is 0.408 e. The van der Waals surface area contributed by atoms with Gasteiger partial charge in [-0.3, -0.25) is 14.4 Å². The number of ether oxygens (including phenoxy) is 2. The molecule has 1 aromatic carbocycles. The van der Waals surface area contributed by atoms with E-state index in [4.69, 9.17) is 9.47 Å². The Labute approximate surface area is 295 Å². The van der Waals surface area contributed by atoms with Crippen molar-refractivity contribution in [2.45, 2.75) is 95.7 Å². The Hall–Kier alpha value is -3.53. The summed E-state index contributed by atoms with van der Waals surface area (Å²) in [5.74, 6) is -2.48. The van der Waals surface area contributed by atoms with Crippen molar-refractivity contribution in [2.75, 3.05) is 39.8 Å². The number of likely N-dealkylation sites (N-methyl/N-ethyl adjacent to an activating group) is 1. The predicted octanol–water partition coefficient (Wildman–Crippen LogP) is 1.93. The molecule has 4 fully saturated rings. The number of piperazine rings is 1. The third-order valence-electron chi connectivity index (χ3n) is 10.2. The maximum absolute atomic E-state index is 14.4. The summed E-state index contributed by atoms with van der Waals surface area (Å²) in [5.41, 5.74) is -1.38. The molecule has 2 saturated heterocycles. The van der Waals surface area contributed by atoms with Gasteiger partial charge in [-0.25, -0.2) is 9.52 Å². The van der Waals surface area contributed by atoms with Crippen LogP contribution in [0.1, 0.15) is 64.9 Å². The van der Waals surface area contributed by atoms with Gasteiger partial charge in [0.15, 0.2) is 0 Å². The van der Waals surface area contributed by atoms with Crippen molar-refractivity contribution >= 4 is 34.0 Å². The molecule has 4 aliphatic rings. The molecule has 4 amide bonds. The van der Waals surface area contributed by atoms with Crippen molar-refractivity contribution < 1.29 is 37.1 Å². The number of amides is 4. The van der Waals surface area contributed by atoms with Crippen LogP contribution in [0.5, 0.6) is 0 Å². The number of carbonyl (C=O) groups is 4. The second-order valence-corrected chi connectivity index (χ2v) is 16.7. The van der Waals surface area contributed by atoms with Gasteiger partial charge < -0.3 is 29.9 Å². The van der Waals surface area contributed by atoms with Crippen LogP contribution in [0.4, 0.5) is 4.79 Å². The number of hydrogen-bond donors (Lipinski definition) is 3. The van der Waals surface area contributed by atoms with Crippen LogP contribution in [0.2, 0.25) is 0 Å². The summed E-state index contributed by atoms with van der Waals surface area (Å²) < 4.78 is 41.6. The first-order valence-corrected chi connectivity index (χ1v) is 19.0. The first-order valence-electron chi connectivity index (χ1n) is 17.5. The summed E-state index contributed by atoms with van der Waals surface area (Å²) in [7, 11) is -2.27. The lowest BCUT2D eigenvalue weighted by atomic mass is 9.85. The first-order chi connectivity index (χ1) is 23.6. The van der Waals surface area contributed by atoms with E-state index in [1.807, 2.05) is 63.1 Å². The molecule has 15 heteroatoms. The molecule has 2 heterocycles. The number of benzene rings is 1. The van der Waals surface area contributed by atoms with Crippen LogP contribution in [0.25, 0.3) is 0 Å². The Kier molecular flexibility index (Phi) is 11.6. The van der Waals surface area contributed by atoms with Crippen LogP contribution < -0.4 is 15.4 Å². The molecule has 0 unspecified atom stereocenters. The Bertz CT molecular complexity index is 1520. The van der Waals surface area contributed by atoms with Crippen molar-refractivity contribution in [2.24, 2.45) is 11.3 Å². The summed E-state index contributed by atoms with van der Waals surface area (Å²) >= 11 is 0. The number of rotatable bonds is 12. The van der Waals surface area contributed by atoms with Gasteiger partial charge in [-0.1, -0.05) is 57.2 Å². The quantitative estimate of drug-likeness (QED) is 0.274. The fourth-order valence-electron chi connectivity index (χ4n) is 6.96. The van der Waals surface area contributed by atoms with E-state index in [9.17, 15) is 27.6 Å². The topological polar surface area (TPSA) is 167 Å². The largest absolute Gasteiger partial charge is 0.446 e. The molecular formula is C35H52N6O8S. The lowest BCUT2D eigenvalue weighted by Crippen LogP contribution is -2.61. The van der Waals surface area contributed by atoms with E-state index in [2.05, 4.69) is 21.9 Å². The van der Waals surface area contributed by atoms with Gasteiger partial charge in [-0.15, -0.1) is 6.58 Å². The van der Waals surface area contributed by atoms with Gasteiger partial charge in [0.25, 0.3) is 5.91 Å². The number of alkyl carbamates (subject to hydrolysis) is 1. The average Bonchev–Trinajstić information content (AvgIpc) is 3.35. The third-order valence-corrected chi connectivity index (χ3v) is 11.7. The predicted molar refractivity (Wildman–Crippen MR) is 186 cm³/mol. The van der Waals surface area contributed by atoms with E-state index in [1.165, 1.54) is 15.3 Å². The molecule has 0 spiro atoms. The van der Waals surface area contributed by atoms with Gasteiger partial charge in [0, 0.05) is 45.1 Å². The molecule has 2 saturated carbocycles. The van der Waals surface area contributed by atoms with Crippen molar-refractivity contribution in [3.63, 3.8) is 0 Å². The Balaban J connectivity index is 1.34. The van der Waals surface area contributed by atoms with E-state index < -0.39 is 69.1 Å². The molecule has 5 rings (SSSR count). The minimum atomic E-state index is -4.17. The van der Waals surface area contributed by atoms with Crippen LogP contribution in [0.15, 0.2) is 43.0 Å². The molecule has 3 N–H and O–H groups in total. The van der Waals surface area contributed by atoms with E-state index in [0.29, 0.717) is 13.1 Å². The highest BCUT2D eigenvalue weighted by Crippen LogP contribution is 2.45. The molecule has 2 aliphatic carbocycles. The van der Waals surface area contributed by atoms with Crippen LogP contribution in [-0.4, -0.2) is 116 Å². The summed E-state index contributed by atoms with van der Waals surface area (Å²) in [4.78, 5) is 58.6. The minimum Gasteiger partial charge on any atom is -0.446 e. The molecular weight excluding hydrogens is 664 g/mol. The number of likely N-dealkylation sites (tertiary alicyclic amines) is 1. The molecule has 0 aromatic heterocycles. The first kappa shape index (κ1) is 37.7. The minimum absolute atomic E-state index is 0.0670. The summed E-state index contributed by atoms with van der Waals surface area (Å²) in [6.07, 6.45) is 3.87. The summed E-state index contributed by atoms with van der Waals surface area (Å²) in [6.45, 7) is 11.1. The van der Waals surface area contributed by atoms with Crippen LogP contribution >= 0.6 is 0 Å². The molecule has 0 bridgehead atoms. The maximum atomic E-state index is 14.4. The fraction of sp³-hybridized carbons (Fsp3) is 0.657. The van der Waals surface area contributed by atoms with E-state index >= 15 is 0 Å². The lowest BCUT2D eigenvalue weighted by molar-refractivity contribution is -0.143. The zero-order chi connectivity index (χ0) is 36.3. The SMILES string of the molecule is C=C[C@@H]1C[C@]1(NC(=O)[C@H]1C[C@@H](OCc2ccccc2)CN1C(=O)[C@@H](NC(=O)OC1CCCC1)C(C)(C)C)C(=O)NS(=O)(=O)N1CCN(C)CC1. The van der Waals surface area contributed by atoms with Gasteiger partial charge in [-0.05, 0) is 50.1 Å². The zero-order valence-corrected chi connectivity index (χ0v) is 30.4. The van der Waals surface area contributed by atoms with E-state index in [0.717, 1.165) is 31.2 Å². The Morgan fingerprint density at radius 1 is 1.04 bits per heavy atom. The van der Waals surface area contributed by atoms with Crippen molar-refractivity contribution in [3.8, 4) is 0 Å². The lowest BCUT2D eigenvalue weighted by Gasteiger charge is -2.35. The molecule has 5 atom stereocenters. The number of carbonyl (C=O) groups excluding carboxylic acids is 4. The van der Waals surface area contributed by atoms with Crippen molar-refractivity contribution in [1.82, 2.24) is 29.5 Å². The highest BCUT2D eigenvalue weighted by molar-refractivity contribution is 7.87.